The maximum absolute atomic E-state index is 12.4. The van der Waals surface area contributed by atoms with E-state index in [2.05, 4.69) is 42.4 Å². The van der Waals surface area contributed by atoms with Gasteiger partial charge in [-0.25, -0.2) is 5.43 Å². The standard InChI is InChI=1S/C20H13Br2ClN2O4S/c21-17-10-13(12-24-25-20(26)14-6-8-15(23)9-7-14)11-18(22)19(17)29-30(27,28)16-4-2-1-3-5-16/h1-12H,(H,25,26)/b24-12-. The molecule has 3 aromatic carbocycles. The van der Waals surface area contributed by atoms with Gasteiger partial charge in [0.2, 0.25) is 0 Å². The lowest BCUT2D eigenvalue weighted by molar-refractivity contribution is 0.0955. The number of nitrogens with zero attached hydrogens (tertiary/aromatic N) is 1. The minimum Gasteiger partial charge on any atom is -0.377 e. The summed E-state index contributed by atoms with van der Waals surface area (Å²) < 4.78 is 30.9. The highest BCUT2D eigenvalue weighted by Crippen LogP contribution is 2.36. The van der Waals surface area contributed by atoms with Crippen molar-refractivity contribution in [2.45, 2.75) is 4.90 Å². The SMILES string of the molecule is O=C(N/N=C\c1cc(Br)c(OS(=O)(=O)c2ccccc2)c(Br)c1)c1ccc(Cl)cc1. The minimum absolute atomic E-state index is 0.0411. The summed E-state index contributed by atoms with van der Waals surface area (Å²) in [5, 5.41) is 4.45. The minimum atomic E-state index is -3.99. The Bertz CT molecular complexity index is 1180. The van der Waals surface area contributed by atoms with Crippen LogP contribution >= 0.6 is 43.5 Å². The Morgan fingerprint density at radius 3 is 2.20 bits per heavy atom. The second-order valence-electron chi connectivity index (χ2n) is 5.87. The molecule has 0 aliphatic rings. The summed E-state index contributed by atoms with van der Waals surface area (Å²) in [4.78, 5) is 12.1. The molecule has 3 aromatic rings. The van der Waals surface area contributed by atoms with Crippen molar-refractivity contribution in [3.63, 3.8) is 0 Å². The van der Waals surface area contributed by atoms with Crippen LogP contribution in [0.4, 0.5) is 0 Å². The Hall–Kier alpha value is -2.20. The van der Waals surface area contributed by atoms with E-state index in [9.17, 15) is 13.2 Å². The largest absolute Gasteiger partial charge is 0.377 e. The quantitative estimate of drug-likeness (QED) is 0.244. The molecule has 0 saturated carbocycles. The van der Waals surface area contributed by atoms with E-state index in [-0.39, 0.29) is 10.6 Å². The Balaban J connectivity index is 1.73. The molecule has 0 atom stereocenters. The van der Waals surface area contributed by atoms with Crippen LogP contribution in [-0.2, 0) is 10.1 Å². The van der Waals surface area contributed by atoms with Crippen molar-refractivity contribution in [2.75, 3.05) is 0 Å². The molecule has 0 unspecified atom stereocenters. The highest BCUT2D eigenvalue weighted by molar-refractivity contribution is 9.11. The molecule has 3 rings (SSSR count). The zero-order valence-electron chi connectivity index (χ0n) is 15.1. The predicted octanol–water partition coefficient (Wildman–Crippen LogP) is 5.40. The summed E-state index contributed by atoms with van der Waals surface area (Å²) in [7, 11) is -3.99. The molecule has 0 fully saturated rings. The van der Waals surface area contributed by atoms with Crippen molar-refractivity contribution in [3.8, 4) is 5.75 Å². The number of carbonyl (C=O) groups is 1. The number of amides is 1. The van der Waals surface area contributed by atoms with Gasteiger partial charge in [0, 0.05) is 10.6 Å². The van der Waals surface area contributed by atoms with Gasteiger partial charge in [-0.15, -0.1) is 0 Å². The molecular weight excluding hydrogens is 560 g/mol. The normalized spacial score (nSPS) is 11.4. The van der Waals surface area contributed by atoms with Crippen LogP contribution in [0.5, 0.6) is 5.75 Å². The van der Waals surface area contributed by atoms with Gasteiger partial charge in [-0.2, -0.15) is 13.5 Å². The van der Waals surface area contributed by atoms with Crippen LogP contribution in [0.2, 0.25) is 5.02 Å². The Labute approximate surface area is 195 Å². The number of carbonyl (C=O) groups excluding carboxylic acids is 1. The zero-order chi connectivity index (χ0) is 21.7. The van der Waals surface area contributed by atoms with Crippen LogP contribution < -0.4 is 9.61 Å². The van der Waals surface area contributed by atoms with E-state index in [1.807, 2.05) is 0 Å². The molecule has 0 bridgehead atoms. The van der Waals surface area contributed by atoms with Gasteiger partial charge in [-0.3, -0.25) is 4.79 Å². The van der Waals surface area contributed by atoms with E-state index in [1.54, 1.807) is 54.6 Å². The van der Waals surface area contributed by atoms with Gasteiger partial charge in [0.05, 0.1) is 15.2 Å². The van der Waals surface area contributed by atoms with E-state index in [1.165, 1.54) is 18.3 Å². The van der Waals surface area contributed by atoms with Crippen LogP contribution in [0.1, 0.15) is 15.9 Å². The fourth-order valence-electron chi connectivity index (χ4n) is 2.31. The third-order valence-electron chi connectivity index (χ3n) is 3.73. The first-order valence-corrected chi connectivity index (χ1v) is 11.7. The maximum Gasteiger partial charge on any atom is 0.339 e. The smallest absolute Gasteiger partial charge is 0.339 e. The predicted molar refractivity (Wildman–Crippen MR) is 123 cm³/mol. The van der Waals surface area contributed by atoms with Crippen LogP contribution in [0.3, 0.4) is 0 Å². The lowest BCUT2D eigenvalue weighted by Gasteiger charge is -2.11. The summed E-state index contributed by atoms with van der Waals surface area (Å²) in [5.41, 5.74) is 3.41. The van der Waals surface area contributed by atoms with Gasteiger partial charge in [0.25, 0.3) is 5.91 Å². The number of nitrogens with one attached hydrogen (secondary N) is 1. The molecule has 1 N–H and O–H groups in total. The van der Waals surface area contributed by atoms with Gasteiger partial charge in [0.15, 0.2) is 5.75 Å². The average molecular weight is 573 g/mol. The Kier molecular flexibility index (Phi) is 7.30. The van der Waals surface area contributed by atoms with Gasteiger partial charge >= 0.3 is 10.1 Å². The monoisotopic (exact) mass is 570 g/mol. The lowest BCUT2D eigenvalue weighted by atomic mass is 10.2. The maximum atomic E-state index is 12.4. The molecule has 0 spiro atoms. The number of halogens is 3. The summed E-state index contributed by atoms with van der Waals surface area (Å²) in [6.07, 6.45) is 1.42. The van der Waals surface area contributed by atoms with E-state index in [0.29, 0.717) is 25.1 Å². The van der Waals surface area contributed by atoms with Crippen LogP contribution in [0.25, 0.3) is 0 Å². The molecule has 0 aliphatic heterocycles. The molecule has 0 saturated heterocycles. The summed E-state index contributed by atoms with van der Waals surface area (Å²) >= 11 is 12.4. The summed E-state index contributed by atoms with van der Waals surface area (Å²) in [5.74, 6) is -0.295. The molecular formula is C20H13Br2ClN2O4S. The average Bonchev–Trinajstić information content (AvgIpc) is 2.72. The van der Waals surface area contributed by atoms with Gasteiger partial charge < -0.3 is 4.18 Å². The van der Waals surface area contributed by atoms with Crippen molar-refractivity contribution in [1.29, 1.82) is 0 Å². The second-order valence-corrected chi connectivity index (χ2v) is 9.56. The highest BCUT2D eigenvalue weighted by atomic mass is 79.9. The summed E-state index contributed by atoms with van der Waals surface area (Å²) in [6.45, 7) is 0. The van der Waals surface area contributed by atoms with Gasteiger partial charge in [-0.1, -0.05) is 29.8 Å². The first kappa shape index (κ1) is 22.5. The van der Waals surface area contributed by atoms with E-state index < -0.39 is 16.0 Å². The Morgan fingerprint density at radius 1 is 1.00 bits per heavy atom. The number of hydrogen-bond acceptors (Lipinski definition) is 5. The number of rotatable bonds is 6. The number of hydrazone groups is 1. The first-order chi connectivity index (χ1) is 14.3. The number of benzene rings is 3. The molecule has 0 heterocycles. The van der Waals surface area contributed by atoms with Gasteiger partial charge in [-0.05, 0) is 86.0 Å². The highest BCUT2D eigenvalue weighted by Gasteiger charge is 2.20. The second kappa shape index (κ2) is 9.74. The van der Waals surface area contributed by atoms with Crippen molar-refractivity contribution < 1.29 is 17.4 Å². The third kappa shape index (κ3) is 5.69. The summed E-state index contributed by atoms with van der Waals surface area (Å²) in [6, 6.07) is 17.4. The van der Waals surface area contributed by atoms with Crippen molar-refractivity contribution in [1.82, 2.24) is 5.43 Å². The third-order valence-corrected chi connectivity index (χ3v) is 6.40. The van der Waals surface area contributed by atoms with E-state index >= 15 is 0 Å². The topological polar surface area (TPSA) is 84.8 Å². The molecule has 0 radical (unpaired) electrons. The van der Waals surface area contributed by atoms with Gasteiger partial charge in [0.1, 0.15) is 4.90 Å². The van der Waals surface area contributed by atoms with Crippen molar-refractivity contribution >= 4 is 65.7 Å². The first-order valence-electron chi connectivity index (χ1n) is 8.34. The zero-order valence-corrected chi connectivity index (χ0v) is 19.8. The van der Waals surface area contributed by atoms with E-state index in [0.717, 1.165) is 0 Å². The lowest BCUT2D eigenvalue weighted by Crippen LogP contribution is -2.17. The number of hydrogen-bond donors (Lipinski definition) is 1. The van der Waals surface area contributed by atoms with Crippen molar-refractivity contribution in [2.24, 2.45) is 5.10 Å². The molecule has 6 nitrogen and oxygen atoms in total. The molecule has 0 aliphatic carbocycles. The Morgan fingerprint density at radius 2 is 1.60 bits per heavy atom. The molecule has 154 valence electrons. The van der Waals surface area contributed by atoms with Crippen LogP contribution in [0, 0.1) is 0 Å². The molecule has 10 heteroatoms. The molecule has 1 amide bonds. The fourth-order valence-corrected chi connectivity index (χ4v) is 5.02. The van der Waals surface area contributed by atoms with Crippen molar-refractivity contribution in [3.05, 3.63) is 91.8 Å². The molecule has 30 heavy (non-hydrogen) atoms. The fraction of sp³-hybridized carbons (Fsp3) is 0. The van der Waals surface area contributed by atoms with E-state index in [4.69, 9.17) is 15.8 Å². The van der Waals surface area contributed by atoms with Crippen LogP contribution in [0.15, 0.2) is 85.7 Å². The van der Waals surface area contributed by atoms with Crippen LogP contribution in [-0.4, -0.2) is 20.5 Å². The molecule has 0 aromatic heterocycles.